The number of hydrogen-bond donors (Lipinski definition) is 0. The molecule has 10 heteroatoms. The van der Waals surface area contributed by atoms with Gasteiger partial charge in [0.05, 0.1) is 29.5 Å². The predicted molar refractivity (Wildman–Crippen MR) is 149 cm³/mol. The molecule has 0 spiro atoms. The number of aromatic nitrogens is 4. The van der Waals surface area contributed by atoms with Gasteiger partial charge >= 0.3 is 6.09 Å². The maximum atomic E-state index is 14.6. The van der Waals surface area contributed by atoms with Crippen molar-refractivity contribution >= 4 is 22.9 Å². The quantitative estimate of drug-likeness (QED) is 0.307. The van der Waals surface area contributed by atoms with Gasteiger partial charge in [0.2, 0.25) is 0 Å². The van der Waals surface area contributed by atoms with Crippen molar-refractivity contribution < 1.29 is 23.1 Å². The van der Waals surface area contributed by atoms with Crippen molar-refractivity contribution in [3.8, 4) is 0 Å². The lowest BCUT2D eigenvalue weighted by molar-refractivity contribution is 0.0513. The standard InChI is InChI=1S/C31H33F2N5O3/c1-18-12-25(32)24(26(33)13-18)17-36-28-7-5-6-22(23(28)15-34-36)29(39)38(20-8-9-20)21-10-11-27-19(14-21)16-37(35-27)30(40)41-31(2,3)4/h5-7,12-13,15-16,20-21H,8-11,14,17H2,1-4H3. The fourth-order valence-corrected chi connectivity index (χ4v) is 5.69. The summed E-state index contributed by atoms with van der Waals surface area (Å²) in [6.45, 7) is 6.99. The molecule has 1 saturated carbocycles. The third kappa shape index (κ3) is 5.35. The number of halogens is 2. The van der Waals surface area contributed by atoms with Gasteiger partial charge in [-0.05, 0) is 95.2 Å². The lowest BCUT2D eigenvalue weighted by atomic mass is 9.91. The van der Waals surface area contributed by atoms with Crippen molar-refractivity contribution in [2.75, 3.05) is 0 Å². The van der Waals surface area contributed by atoms with Gasteiger partial charge in [-0.25, -0.2) is 13.6 Å². The molecule has 0 saturated heterocycles. The zero-order valence-corrected chi connectivity index (χ0v) is 23.7. The number of hydrogen-bond acceptors (Lipinski definition) is 5. The highest BCUT2D eigenvalue weighted by Crippen LogP contribution is 2.36. The highest BCUT2D eigenvalue weighted by atomic mass is 19.1. The van der Waals surface area contributed by atoms with Crippen LogP contribution in [0.4, 0.5) is 13.6 Å². The van der Waals surface area contributed by atoms with Gasteiger partial charge in [0.1, 0.15) is 17.2 Å². The lowest BCUT2D eigenvalue weighted by Gasteiger charge is -2.34. The molecule has 2 aromatic heterocycles. The first-order valence-corrected chi connectivity index (χ1v) is 14.0. The minimum Gasteiger partial charge on any atom is -0.442 e. The first-order chi connectivity index (χ1) is 19.5. The van der Waals surface area contributed by atoms with E-state index in [-0.39, 0.29) is 30.1 Å². The molecule has 0 bridgehead atoms. The van der Waals surface area contributed by atoms with Crippen molar-refractivity contribution in [3.63, 3.8) is 0 Å². The van der Waals surface area contributed by atoms with Gasteiger partial charge in [-0.2, -0.15) is 14.9 Å². The highest BCUT2D eigenvalue weighted by molar-refractivity contribution is 6.06. The summed E-state index contributed by atoms with van der Waals surface area (Å²) in [7, 11) is 0. The minimum atomic E-state index is -0.626. The van der Waals surface area contributed by atoms with Crippen LogP contribution < -0.4 is 0 Å². The monoisotopic (exact) mass is 561 g/mol. The second-order valence-electron chi connectivity index (χ2n) is 12.1. The van der Waals surface area contributed by atoms with E-state index in [2.05, 4.69) is 10.2 Å². The first kappa shape index (κ1) is 27.1. The van der Waals surface area contributed by atoms with Crippen LogP contribution in [0.1, 0.15) is 72.8 Å². The number of ether oxygens (including phenoxy) is 1. The van der Waals surface area contributed by atoms with Crippen molar-refractivity contribution in [1.82, 2.24) is 24.5 Å². The lowest BCUT2D eigenvalue weighted by Crippen LogP contribution is -2.44. The first-order valence-electron chi connectivity index (χ1n) is 14.0. The van der Waals surface area contributed by atoms with Crippen LogP contribution in [0.2, 0.25) is 0 Å². The summed E-state index contributed by atoms with van der Waals surface area (Å²) in [6.07, 6.45) is 6.67. The molecule has 8 nitrogen and oxygen atoms in total. The van der Waals surface area contributed by atoms with Gasteiger partial charge in [-0.3, -0.25) is 9.48 Å². The molecule has 0 radical (unpaired) electrons. The fraction of sp³-hybridized carbons (Fsp3) is 0.419. The molecule has 2 aromatic carbocycles. The normalized spacial score (nSPS) is 17.0. The van der Waals surface area contributed by atoms with Crippen LogP contribution in [0.3, 0.4) is 0 Å². The molecule has 1 amide bonds. The molecule has 2 aliphatic carbocycles. The summed E-state index contributed by atoms with van der Waals surface area (Å²) >= 11 is 0. The Morgan fingerprint density at radius 3 is 2.51 bits per heavy atom. The van der Waals surface area contributed by atoms with Crippen LogP contribution in [-0.2, 0) is 24.1 Å². The van der Waals surface area contributed by atoms with E-state index in [0.717, 1.165) is 30.5 Å². The Morgan fingerprint density at radius 1 is 1.10 bits per heavy atom. The van der Waals surface area contributed by atoms with Gasteiger partial charge in [0.15, 0.2) is 0 Å². The van der Waals surface area contributed by atoms with E-state index < -0.39 is 23.3 Å². The van der Waals surface area contributed by atoms with Gasteiger partial charge in [0, 0.05) is 29.2 Å². The summed E-state index contributed by atoms with van der Waals surface area (Å²) in [5.74, 6) is -1.33. The van der Waals surface area contributed by atoms with Gasteiger partial charge in [-0.15, -0.1) is 0 Å². The highest BCUT2D eigenvalue weighted by Gasteiger charge is 2.40. The molecule has 1 atom stereocenters. The van der Waals surface area contributed by atoms with Crippen molar-refractivity contribution in [3.05, 3.63) is 82.3 Å². The average Bonchev–Trinajstić information content (AvgIpc) is 3.48. The SMILES string of the molecule is Cc1cc(F)c(Cn2ncc3c(C(=O)N(C4CC4)C4CCc5nn(C(=O)OC(C)(C)C)cc5C4)cccc32)c(F)c1. The number of rotatable bonds is 5. The van der Waals surface area contributed by atoms with E-state index in [1.165, 1.54) is 21.5 Å². The largest absolute Gasteiger partial charge is 0.442 e. The Balaban J connectivity index is 1.26. The number of nitrogens with zero attached hydrogens (tertiary/aromatic N) is 5. The predicted octanol–water partition coefficient (Wildman–Crippen LogP) is 5.81. The number of fused-ring (bicyclic) bond motifs is 2. The molecule has 4 aromatic rings. The molecular weight excluding hydrogens is 528 g/mol. The molecular formula is C31H33F2N5O3. The average molecular weight is 562 g/mol. The molecule has 0 aliphatic heterocycles. The Bertz CT molecular complexity index is 1640. The summed E-state index contributed by atoms with van der Waals surface area (Å²) in [4.78, 5) is 28.7. The molecule has 6 rings (SSSR count). The van der Waals surface area contributed by atoms with Crippen LogP contribution in [-0.4, -0.2) is 54.1 Å². The number of amides is 1. The Kier molecular flexibility index (Phi) is 6.66. The summed E-state index contributed by atoms with van der Waals surface area (Å²) in [5, 5.41) is 9.51. The van der Waals surface area contributed by atoms with Crippen LogP contribution in [0.15, 0.2) is 42.7 Å². The fourth-order valence-electron chi connectivity index (χ4n) is 5.69. The Morgan fingerprint density at radius 2 is 1.83 bits per heavy atom. The molecule has 1 fully saturated rings. The van der Waals surface area contributed by atoms with Crippen LogP contribution >= 0.6 is 0 Å². The molecule has 2 heterocycles. The van der Waals surface area contributed by atoms with Crippen LogP contribution in [0, 0.1) is 18.6 Å². The Hall–Kier alpha value is -4.08. The van der Waals surface area contributed by atoms with Gasteiger partial charge < -0.3 is 9.64 Å². The summed E-state index contributed by atoms with van der Waals surface area (Å²) in [6, 6.07) is 8.09. The smallest absolute Gasteiger partial charge is 0.435 e. The minimum absolute atomic E-state index is 0.0418. The van der Waals surface area contributed by atoms with E-state index in [1.54, 1.807) is 31.5 Å². The van der Waals surface area contributed by atoms with E-state index >= 15 is 0 Å². The van der Waals surface area contributed by atoms with Crippen molar-refractivity contribution in [1.29, 1.82) is 0 Å². The molecule has 214 valence electrons. The second-order valence-corrected chi connectivity index (χ2v) is 12.1. The second kappa shape index (κ2) is 10.1. The van der Waals surface area contributed by atoms with Gasteiger partial charge in [0.25, 0.3) is 5.91 Å². The van der Waals surface area contributed by atoms with Crippen molar-refractivity contribution in [2.45, 2.75) is 84.0 Å². The number of benzene rings is 2. The number of aryl methyl sites for hydroxylation is 2. The third-order valence-corrected chi connectivity index (χ3v) is 7.71. The molecule has 0 N–H and O–H groups in total. The van der Waals surface area contributed by atoms with E-state index in [0.29, 0.717) is 34.9 Å². The van der Waals surface area contributed by atoms with Crippen LogP contribution in [0.5, 0.6) is 0 Å². The maximum absolute atomic E-state index is 14.6. The molecule has 2 aliphatic rings. The zero-order chi connectivity index (χ0) is 29.1. The topological polar surface area (TPSA) is 82.3 Å². The van der Waals surface area contributed by atoms with E-state index in [4.69, 9.17) is 4.74 Å². The third-order valence-electron chi connectivity index (χ3n) is 7.71. The maximum Gasteiger partial charge on any atom is 0.435 e. The molecule has 1 unspecified atom stereocenters. The zero-order valence-electron chi connectivity index (χ0n) is 23.7. The molecule has 41 heavy (non-hydrogen) atoms. The summed E-state index contributed by atoms with van der Waals surface area (Å²) < 4.78 is 37.4. The van der Waals surface area contributed by atoms with Crippen molar-refractivity contribution in [2.24, 2.45) is 0 Å². The summed E-state index contributed by atoms with van der Waals surface area (Å²) in [5.41, 5.74) is 2.76. The van der Waals surface area contributed by atoms with Gasteiger partial charge in [-0.1, -0.05) is 6.07 Å². The number of carbonyl (C=O) groups is 2. The van der Waals surface area contributed by atoms with E-state index in [9.17, 15) is 18.4 Å². The van der Waals surface area contributed by atoms with Crippen LogP contribution in [0.25, 0.3) is 10.9 Å². The number of carbonyl (C=O) groups excluding carboxylic acids is 2. The Labute approximate surface area is 236 Å². The van der Waals surface area contributed by atoms with E-state index in [1.807, 2.05) is 31.7 Å².